The first-order chi connectivity index (χ1) is 6.50. The minimum absolute atomic E-state index is 0.127. The van der Waals surface area contributed by atoms with Gasteiger partial charge in [0.2, 0.25) is 0 Å². The van der Waals surface area contributed by atoms with E-state index in [0.717, 1.165) is 11.1 Å². The summed E-state index contributed by atoms with van der Waals surface area (Å²) < 4.78 is 13.0. The Hall–Kier alpha value is -1.35. The van der Waals surface area contributed by atoms with Crippen LogP contribution >= 0.6 is 0 Å². The summed E-state index contributed by atoms with van der Waals surface area (Å²) in [5, 5.41) is 0. The van der Waals surface area contributed by atoms with Crippen molar-refractivity contribution in [3.63, 3.8) is 0 Å². The normalized spacial score (nSPS) is 12.5. The van der Waals surface area contributed by atoms with Gasteiger partial charge in [0.25, 0.3) is 0 Å². The van der Waals surface area contributed by atoms with Gasteiger partial charge in [0.05, 0.1) is 5.69 Å². The summed E-state index contributed by atoms with van der Waals surface area (Å²) in [5.74, 6) is -0.392. The van der Waals surface area contributed by atoms with Crippen LogP contribution in [0.2, 0.25) is 0 Å². The molecule has 1 atom stereocenters. The fraction of sp³-hybridized carbons (Fsp3) is 0.273. The predicted octanol–water partition coefficient (Wildman–Crippen LogP) is 1.85. The number of halogens is 1. The Kier molecular flexibility index (Phi) is 3.25. The summed E-state index contributed by atoms with van der Waals surface area (Å²) in [4.78, 5) is 0. The van der Waals surface area contributed by atoms with Gasteiger partial charge < -0.3 is 11.5 Å². The van der Waals surface area contributed by atoms with Gasteiger partial charge in [-0.3, -0.25) is 0 Å². The molecule has 0 spiro atoms. The average Bonchev–Trinajstić information content (AvgIpc) is 2.11. The van der Waals surface area contributed by atoms with E-state index in [4.69, 9.17) is 11.5 Å². The van der Waals surface area contributed by atoms with E-state index in [-0.39, 0.29) is 11.7 Å². The van der Waals surface area contributed by atoms with Crippen molar-refractivity contribution in [1.82, 2.24) is 0 Å². The summed E-state index contributed by atoms with van der Waals surface area (Å²) >= 11 is 0. The fourth-order valence-corrected chi connectivity index (χ4v) is 1.13. The molecule has 1 unspecified atom stereocenters. The van der Waals surface area contributed by atoms with Gasteiger partial charge in [0, 0.05) is 6.04 Å². The highest BCUT2D eigenvalue weighted by atomic mass is 19.1. The van der Waals surface area contributed by atoms with Gasteiger partial charge in [-0.1, -0.05) is 18.2 Å². The summed E-state index contributed by atoms with van der Waals surface area (Å²) in [6, 6.07) is 4.62. The number of anilines is 1. The molecule has 1 aromatic rings. The maximum absolute atomic E-state index is 13.0. The van der Waals surface area contributed by atoms with Crippen molar-refractivity contribution in [3.05, 3.63) is 41.7 Å². The van der Waals surface area contributed by atoms with Gasteiger partial charge in [-0.25, -0.2) is 4.39 Å². The van der Waals surface area contributed by atoms with E-state index in [1.165, 1.54) is 6.07 Å². The predicted molar refractivity (Wildman–Crippen MR) is 57.3 cm³/mol. The maximum atomic E-state index is 13.0. The van der Waals surface area contributed by atoms with E-state index in [1.54, 1.807) is 12.1 Å². The summed E-state index contributed by atoms with van der Waals surface area (Å²) in [5.41, 5.74) is 13.0. The lowest BCUT2D eigenvalue weighted by Crippen LogP contribution is -2.23. The molecule has 0 radical (unpaired) electrons. The van der Waals surface area contributed by atoms with Crippen molar-refractivity contribution in [3.8, 4) is 0 Å². The molecule has 0 amide bonds. The number of nitrogen functional groups attached to an aromatic ring is 1. The molecule has 0 aliphatic rings. The largest absolute Gasteiger partial charge is 0.396 e. The highest BCUT2D eigenvalue weighted by Gasteiger charge is 2.06. The van der Waals surface area contributed by atoms with Crippen LogP contribution in [0.1, 0.15) is 12.5 Å². The minimum atomic E-state index is -0.392. The third-order valence-corrected chi connectivity index (χ3v) is 2.15. The molecule has 4 N–H and O–H groups in total. The number of hydrogen-bond donors (Lipinski definition) is 2. The van der Waals surface area contributed by atoms with E-state index in [0.29, 0.717) is 6.42 Å². The second kappa shape index (κ2) is 4.24. The maximum Gasteiger partial charge on any atom is 0.146 e. The Morgan fingerprint density at radius 1 is 1.57 bits per heavy atom. The third kappa shape index (κ3) is 2.57. The van der Waals surface area contributed by atoms with Crippen molar-refractivity contribution in [2.75, 3.05) is 5.73 Å². The Bertz CT molecular complexity index is 347. The van der Waals surface area contributed by atoms with Crippen LogP contribution in [-0.2, 0) is 6.42 Å². The van der Waals surface area contributed by atoms with E-state index in [9.17, 15) is 4.39 Å². The quantitative estimate of drug-likeness (QED) is 0.570. The number of hydrogen-bond acceptors (Lipinski definition) is 2. The van der Waals surface area contributed by atoms with Gasteiger partial charge in [-0.05, 0) is 31.0 Å². The molecule has 2 nitrogen and oxygen atoms in total. The standard InChI is InChI=1S/C11H15FN2/c1-7(2)11(14)6-8-3-4-10(13)9(12)5-8/h3-5,11H,1,6,13-14H2,2H3. The van der Waals surface area contributed by atoms with Crippen molar-refractivity contribution in [1.29, 1.82) is 0 Å². The zero-order valence-corrected chi connectivity index (χ0v) is 8.26. The van der Waals surface area contributed by atoms with Crippen LogP contribution in [0.15, 0.2) is 30.4 Å². The molecule has 0 aliphatic heterocycles. The fourth-order valence-electron chi connectivity index (χ4n) is 1.13. The lowest BCUT2D eigenvalue weighted by molar-refractivity contribution is 0.628. The molecule has 0 bridgehead atoms. The molecule has 3 heteroatoms. The van der Waals surface area contributed by atoms with Crippen LogP contribution in [-0.4, -0.2) is 6.04 Å². The Morgan fingerprint density at radius 2 is 2.21 bits per heavy atom. The highest BCUT2D eigenvalue weighted by Crippen LogP contribution is 2.14. The zero-order valence-electron chi connectivity index (χ0n) is 8.26. The first-order valence-corrected chi connectivity index (χ1v) is 4.45. The molecule has 0 fully saturated rings. The average molecular weight is 194 g/mol. The van der Waals surface area contributed by atoms with Crippen LogP contribution in [0, 0.1) is 5.82 Å². The molecule has 0 saturated heterocycles. The van der Waals surface area contributed by atoms with Gasteiger partial charge >= 0.3 is 0 Å². The topological polar surface area (TPSA) is 52.0 Å². The SMILES string of the molecule is C=C(C)C(N)Cc1ccc(N)c(F)c1. The number of benzene rings is 1. The Labute approximate surface area is 83.4 Å². The van der Waals surface area contributed by atoms with Crippen LogP contribution in [0.5, 0.6) is 0 Å². The molecular formula is C11H15FN2. The number of nitrogens with two attached hydrogens (primary N) is 2. The summed E-state index contributed by atoms with van der Waals surface area (Å²) in [7, 11) is 0. The molecule has 0 heterocycles. The van der Waals surface area contributed by atoms with Crippen molar-refractivity contribution >= 4 is 5.69 Å². The van der Waals surface area contributed by atoms with Crippen LogP contribution in [0.4, 0.5) is 10.1 Å². The first-order valence-electron chi connectivity index (χ1n) is 4.45. The lowest BCUT2D eigenvalue weighted by atomic mass is 10.0. The van der Waals surface area contributed by atoms with Gasteiger partial charge in [-0.15, -0.1) is 0 Å². The van der Waals surface area contributed by atoms with Gasteiger partial charge in [-0.2, -0.15) is 0 Å². The van der Waals surface area contributed by atoms with Crippen molar-refractivity contribution in [2.24, 2.45) is 5.73 Å². The second-order valence-electron chi connectivity index (χ2n) is 3.51. The molecule has 14 heavy (non-hydrogen) atoms. The summed E-state index contributed by atoms with van der Waals surface area (Å²) in [6.45, 7) is 5.61. The van der Waals surface area contributed by atoms with Crippen LogP contribution < -0.4 is 11.5 Å². The lowest BCUT2D eigenvalue weighted by Gasteiger charge is -2.11. The van der Waals surface area contributed by atoms with Crippen LogP contribution in [0.3, 0.4) is 0 Å². The molecule has 0 aromatic heterocycles. The van der Waals surface area contributed by atoms with Crippen molar-refractivity contribution < 1.29 is 4.39 Å². The van der Waals surface area contributed by atoms with E-state index in [1.807, 2.05) is 6.92 Å². The minimum Gasteiger partial charge on any atom is -0.396 e. The van der Waals surface area contributed by atoms with Crippen molar-refractivity contribution in [2.45, 2.75) is 19.4 Å². The molecule has 76 valence electrons. The van der Waals surface area contributed by atoms with E-state index < -0.39 is 5.82 Å². The first kappa shape index (κ1) is 10.7. The molecule has 0 saturated carbocycles. The highest BCUT2D eigenvalue weighted by molar-refractivity contribution is 5.41. The smallest absolute Gasteiger partial charge is 0.146 e. The molecule has 0 aliphatic carbocycles. The number of rotatable bonds is 3. The van der Waals surface area contributed by atoms with E-state index >= 15 is 0 Å². The molecular weight excluding hydrogens is 179 g/mol. The third-order valence-electron chi connectivity index (χ3n) is 2.15. The van der Waals surface area contributed by atoms with E-state index in [2.05, 4.69) is 6.58 Å². The van der Waals surface area contributed by atoms with Crippen LogP contribution in [0.25, 0.3) is 0 Å². The zero-order chi connectivity index (χ0) is 10.7. The second-order valence-corrected chi connectivity index (χ2v) is 3.51. The summed E-state index contributed by atoms with van der Waals surface area (Å²) in [6.07, 6.45) is 0.590. The Morgan fingerprint density at radius 3 is 2.71 bits per heavy atom. The van der Waals surface area contributed by atoms with Gasteiger partial charge in [0.1, 0.15) is 5.82 Å². The monoisotopic (exact) mass is 194 g/mol. The Balaban J connectivity index is 2.78. The molecule has 1 rings (SSSR count). The molecule has 1 aromatic carbocycles. The van der Waals surface area contributed by atoms with Gasteiger partial charge in [0.15, 0.2) is 0 Å².